The van der Waals surface area contributed by atoms with Gasteiger partial charge < -0.3 is 10.2 Å². The Labute approximate surface area is 189 Å². The Morgan fingerprint density at radius 2 is 1.94 bits per heavy atom. The molecule has 2 aromatic rings. The van der Waals surface area contributed by atoms with Crippen molar-refractivity contribution in [2.75, 3.05) is 26.2 Å². The number of likely N-dealkylation sites (tertiary alicyclic amines) is 1. The molecule has 2 amide bonds. The molecule has 1 aromatic carbocycles. The normalized spacial score (nSPS) is 28.2. The maximum Gasteiger partial charge on any atom is 0.235 e. The van der Waals surface area contributed by atoms with Crippen LogP contribution in [-0.2, 0) is 16.6 Å². The second-order valence-electron chi connectivity index (χ2n) is 10.0. The molecule has 1 aromatic heterocycles. The maximum atomic E-state index is 12.4. The minimum atomic E-state index is -0.347. The van der Waals surface area contributed by atoms with Crippen molar-refractivity contribution in [1.82, 2.24) is 25.3 Å². The van der Waals surface area contributed by atoms with Crippen LogP contribution >= 0.6 is 0 Å². The maximum absolute atomic E-state index is 12.4. The van der Waals surface area contributed by atoms with E-state index in [-0.39, 0.29) is 17.7 Å². The van der Waals surface area contributed by atoms with Crippen molar-refractivity contribution in [2.24, 2.45) is 13.0 Å². The number of aryl methyl sites for hydroxylation is 1. The molecule has 2 N–H and O–H groups in total. The summed E-state index contributed by atoms with van der Waals surface area (Å²) in [6.45, 7) is 7.13. The molecule has 0 spiro atoms. The van der Waals surface area contributed by atoms with E-state index in [0.717, 1.165) is 22.5 Å². The van der Waals surface area contributed by atoms with E-state index in [1.165, 1.54) is 57.4 Å². The summed E-state index contributed by atoms with van der Waals surface area (Å²) in [6.07, 6.45) is 5.90. The molecule has 1 unspecified atom stereocenters. The van der Waals surface area contributed by atoms with E-state index in [0.29, 0.717) is 24.8 Å². The van der Waals surface area contributed by atoms with Crippen LogP contribution in [0.4, 0.5) is 0 Å². The number of amides is 2. The molecule has 32 heavy (non-hydrogen) atoms. The van der Waals surface area contributed by atoms with Gasteiger partial charge in [-0.05, 0) is 82.1 Å². The second-order valence-corrected chi connectivity index (χ2v) is 10.0. The van der Waals surface area contributed by atoms with Gasteiger partial charge in [-0.25, -0.2) is 0 Å². The number of carbonyl (C=O) groups is 2. The molecule has 0 bridgehead atoms. The minimum absolute atomic E-state index is 0.186. The first kappa shape index (κ1) is 21.6. The first-order valence-electron chi connectivity index (χ1n) is 12.2. The summed E-state index contributed by atoms with van der Waals surface area (Å²) in [7, 11) is 1.95. The van der Waals surface area contributed by atoms with Crippen LogP contribution in [0.5, 0.6) is 0 Å². The predicted molar refractivity (Wildman–Crippen MR) is 124 cm³/mol. The number of fused-ring (bicyclic) bond motifs is 1. The highest BCUT2D eigenvalue weighted by Crippen LogP contribution is 2.36. The zero-order valence-corrected chi connectivity index (χ0v) is 19.3. The third-order valence-corrected chi connectivity index (χ3v) is 7.91. The first-order valence-corrected chi connectivity index (χ1v) is 12.2. The molecule has 3 fully saturated rings. The third kappa shape index (κ3) is 4.20. The average molecular weight is 438 g/mol. The van der Waals surface area contributed by atoms with Gasteiger partial charge in [-0.3, -0.25) is 19.6 Å². The number of piperidine rings is 3. The molecule has 172 valence electrons. The van der Waals surface area contributed by atoms with E-state index in [9.17, 15) is 9.59 Å². The van der Waals surface area contributed by atoms with Gasteiger partial charge in [0, 0.05) is 31.4 Å². The molecule has 0 radical (unpaired) electrons. The molecule has 5 rings (SSSR count). The number of imide groups is 1. The highest BCUT2D eigenvalue weighted by molar-refractivity contribution is 6.02. The summed E-state index contributed by atoms with van der Waals surface area (Å²) in [5.41, 5.74) is 3.25. The number of hydrogen-bond acceptors (Lipinski definition) is 5. The van der Waals surface area contributed by atoms with E-state index in [2.05, 4.69) is 40.7 Å². The molecule has 0 saturated carbocycles. The number of nitrogens with zero attached hydrogens (tertiary/aromatic N) is 3. The van der Waals surface area contributed by atoms with E-state index in [1.807, 2.05) is 11.7 Å². The van der Waals surface area contributed by atoms with E-state index in [4.69, 9.17) is 5.10 Å². The second kappa shape index (κ2) is 8.94. The molecule has 3 saturated heterocycles. The van der Waals surface area contributed by atoms with Crippen molar-refractivity contribution in [2.45, 2.75) is 63.3 Å². The molecule has 4 heterocycles. The Balaban J connectivity index is 1.31. The van der Waals surface area contributed by atoms with Gasteiger partial charge in [0.25, 0.3) is 0 Å². The smallest absolute Gasteiger partial charge is 0.235 e. The monoisotopic (exact) mass is 437 g/mol. The standard InChI is InChI=1S/C25H35N5O2/c1-16-13-19(9-12-30(16)15-17-7-10-26-11-8-17)18-3-4-20-22(14-18)29(2)28-24(20)21-5-6-23(31)27-25(21)32/h3-4,14,16-17,19,21,26H,5-13,15H2,1-2H3,(H,27,31,32)/t16-,19+,21?/m0/s1. The molecule has 3 aliphatic rings. The zero-order valence-electron chi connectivity index (χ0n) is 19.3. The fourth-order valence-electron chi connectivity index (χ4n) is 5.96. The number of benzene rings is 1. The van der Waals surface area contributed by atoms with Crippen LogP contribution in [0.25, 0.3) is 10.9 Å². The zero-order chi connectivity index (χ0) is 22.2. The lowest BCUT2D eigenvalue weighted by atomic mass is 9.84. The van der Waals surface area contributed by atoms with Gasteiger partial charge in [-0.2, -0.15) is 5.10 Å². The van der Waals surface area contributed by atoms with Crippen LogP contribution in [-0.4, -0.2) is 58.7 Å². The molecule has 3 atom stereocenters. The highest BCUT2D eigenvalue weighted by atomic mass is 16.2. The Bertz CT molecular complexity index is 1010. The third-order valence-electron chi connectivity index (χ3n) is 7.91. The van der Waals surface area contributed by atoms with Gasteiger partial charge in [0.1, 0.15) is 0 Å². The van der Waals surface area contributed by atoms with Crippen molar-refractivity contribution >= 4 is 22.7 Å². The highest BCUT2D eigenvalue weighted by Gasteiger charge is 2.32. The lowest BCUT2D eigenvalue weighted by Crippen LogP contribution is -2.44. The van der Waals surface area contributed by atoms with Crippen molar-refractivity contribution < 1.29 is 9.59 Å². The largest absolute Gasteiger partial charge is 0.317 e. The molecular formula is C25H35N5O2. The molecule has 7 nitrogen and oxygen atoms in total. The SMILES string of the molecule is C[C@H]1C[C@H](c2ccc3c(C4CCC(=O)NC4=O)nn(C)c3c2)CCN1CC1CCNCC1. The number of carbonyl (C=O) groups excluding carboxylic acids is 2. The average Bonchev–Trinajstić information content (AvgIpc) is 3.11. The molecule has 3 aliphatic heterocycles. The van der Waals surface area contributed by atoms with Crippen LogP contribution in [0.15, 0.2) is 18.2 Å². The fourth-order valence-corrected chi connectivity index (χ4v) is 5.96. The fraction of sp³-hybridized carbons (Fsp3) is 0.640. The van der Waals surface area contributed by atoms with Crippen molar-refractivity contribution in [3.63, 3.8) is 0 Å². The van der Waals surface area contributed by atoms with Crippen LogP contribution in [0.3, 0.4) is 0 Å². The summed E-state index contributed by atoms with van der Waals surface area (Å²) in [5, 5.41) is 11.7. The van der Waals surface area contributed by atoms with Crippen LogP contribution < -0.4 is 10.6 Å². The van der Waals surface area contributed by atoms with E-state index in [1.54, 1.807) is 0 Å². The molecule has 7 heteroatoms. The van der Waals surface area contributed by atoms with Crippen molar-refractivity contribution in [3.05, 3.63) is 29.5 Å². The Morgan fingerprint density at radius 1 is 1.12 bits per heavy atom. The summed E-state index contributed by atoms with van der Waals surface area (Å²) in [6, 6.07) is 7.25. The van der Waals surface area contributed by atoms with E-state index >= 15 is 0 Å². The number of hydrogen-bond donors (Lipinski definition) is 2. The van der Waals surface area contributed by atoms with Crippen molar-refractivity contribution in [3.8, 4) is 0 Å². The quantitative estimate of drug-likeness (QED) is 0.719. The lowest BCUT2D eigenvalue weighted by molar-refractivity contribution is -0.134. The molecular weight excluding hydrogens is 402 g/mol. The minimum Gasteiger partial charge on any atom is -0.317 e. The Kier molecular flexibility index (Phi) is 6.03. The summed E-state index contributed by atoms with van der Waals surface area (Å²) in [5.74, 6) is 0.648. The van der Waals surface area contributed by atoms with Crippen molar-refractivity contribution in [1.29, 1.82) is 0 Å². The van der Waals surface area contributed by atoms with E-state index < -0.39 is 0 Å². The summed E-state index contributed by atoms with van der Waals surface area (Å²) < 4.78 is 1.90. The van der Waals surface area contributed by atoms with Crippen LogP contribution in [0.2, 0.25) is 0 Å². The first-order chi connectivity index (χ1) is 15.5. The summed E-state index contributed by atoms with van der Waals surface area (Å²) >= 11 is 0. The van der Waals surface area contributed by atoms with Gasteiger partial charge in [0.05, 0.1) is 17.1 Å². The van der Waals surface area contributed by atoms with Gasteiger partial charge in [0.15, 0.2) is 0 Å². The Hall–Kier alpha value is -2.25. The lowest BCUT2D eigenvalue weighted by Gasteiger charge is -2.40. The van der Waals surface area contributed by atoms with Gasteiger partial charge in [-0.15, -0.1) is 0 Å². The topological polar surface area (TPSA) is 79.3 Å². The molecule has 0 aliphatic carbocycles. The Morgan fingerprint density at radius 3 is 2.69 bits per heavy atom. The van der Waals surface area contributed by atoms with Gasteiger partial charge in [-0.1, -0.05) is 12.1 Å². The van der Waals surface area contributed by atoms with Gasteiger partial charge >= 0.3 is 0 Å². The predicted octanol–water partition coefficient (Wildman–Crippen LogP) is 2.66. The summed E-state index contributed by atoms with van der Waals surface area (Å²) in [4.78, 5) is 26.6. The number of nitrogens with one attached hydrogen (secondary N) is 2. The van der Waals surface area contributed by atoms with Crippen LogP contribution in [0, 0.1) is 5.92 Å². The number of aromatic nitrogens is 2. The van der Waals surface area contributed by atoms with Crippen LogP contribution in [0.1, 0.15) is 68.5 Å². The number of rotatable bonds is 4. The van der Waals surface area contributed by atoms with Gasteiger partial charge in [0.2, 0.25) is 11.8 Å².